The molecular weight excluding hydrogens is 288 g/mol. The molecule has 0 saturated heterocycles. The fourth-order valence-corrected chi connectivity index (χ4v) is 2.76. The van der Waals surface area contributed by atoms with Gasteiger partial charge in [-0.05, 0) is 51.7 Å². The topological polar surface area (TPSA) is 41.6 Å². The first-order valence-electron chi connectivity index (χ1n) is 9.66. The number of nitrogens with zero attached hydrogens (tertiary/aromatic N) is 1. The molecule has 1 amide bonds. The SMILES string of the molecule is CCCCCCN(CCCCCCOC)CCCCNC(C)=O. The lowest BCUT2D eigenvalue weighted by molar-refractivity contribution is -0.118. The standard InChI is InChI=1S/C19H40N2O2/c1-4-5-6-10-15-21(16-11-7-8-13-18-23-3)17-12-9-14-20-19(2)22/h4-18H2,1-3H3,(H,20,22). The molecule has 0 bridgehead atoms. The van der Waals surface area contributed by atoms with Crippen molar-refractivity contribution in [3.8, 4) is 0 Å². The van der Waals surface area contributed by atoms with Crippen molar-refractivity contribution in [2.24, 2.45) is 0 Å². The summed E-state index contributed by atoms with van der Waals surface area (Å²) < 4.78 is 5.10. The molecule has 0 heterocycles. The van der Waals surface area contributed by atoms with Gasteiger partial charge >= 0.3 is 0 Å². The van der Waals surface area contributed by atoms with Crippen LogP contribution in [0, 0.1) is 0 Å². The number of hydrogen-bond acceptors (Lipinski definition) is 3. The van der Waals surface area contributed by atoms with E-state index in [2.05, 4.69) is 17.1 Å². The van der Waals surface area contributed by atoms with Gasteiger partial charge in [0.2, 0.25) is 5.91 Å². The van der Waals surface area contributed by atoms with E-state index < -0.39 is 0 Å². The summed E-state index contributed by atoms with van der Waals surface area (Å²) in [7, 11) is 1.78. The fraction of sp³-hybridized carbons (Fsp3) is 0.947. The molecule has 0 aromatic rings. The Morgan fingerprint density at radius 2 is 1.43 bits per heavy atom. The van der Waals surface area contributed by atoms with Crippen LogP contribution in [0.2, 0.25) is 0 Å². The van der Waals surface area contributed by atoms with Crippen molar-refractivity contribution in [1.82, 2.24) is 10.2 Å². The lowest BCUT2D eigenvalue weighted by atomic mass is 10.1. The van der Waals surface area contributed by atoms with Crippen LogP contribution in [0.25, 0.3) is 0 Å². The van der Waals surface area contributed by atoms with Crippen LogP contribution in [0.15, 0.2) is 0 Å². The van der Waals surface area contributed by atoms with E-state index in [1.807, 2.05) is 0 Å². The van der Waals surface area contributed by atoms with Crippen LogP contribution in [-0.2, 0) is 9.53 Å². The normalized spacial score (nSPS) is 11.1. The average Bonchev–Trinajstić information content (AvgIpc) is 2.53. The summed E-state index contributed by atoms with van der Waals surface area (Å²) in [6.07, 6.45) is 12.7. The predicted octanol–water partition coefficient (Wildman–Crippen LogP) is 3.99. The van der Waals surface area contributed by atoms with Crippen LogP contribution in [0.3, 0.4) is 0 Å². The Balaban J connectivity index is 3.77. The maximum absolute atomic E-state index is 10.9. The molecule has 0 spiro atoms. The summed E-state index contributed by atoms with van der Waals surface area (Å²) in [4.78, 5) is 13.5. The molecule has 0 aliphatic carbocycles. The molecule has 4 heteroatoms. The Hall–Kier alpha value is -0.610. The lowest BCUT2D eigenvalue weighted by Gasteiger charge is -2.22. The van der Waals surface area contributed by atoms with Crippen molar-refractivity contribution < 1.29 is 9.53 Å². The van der Waals surface area contributed by atoms with Crippen molar-refractivity contribution >= 4 is 5.91 Å². The quantitative estimate of drug-likeness (QED) is 0.410. The van der Waals surface area contributed by atoms with E-state index in [4.69, 9.17) is 4.74 Å². The molecule has 0 unspecified atom stereocenters. The Bertz CT molecular complexity index is 260. The zero-order valence-electron chi connectivity index (χ0n) is 15.9. The number of amides is 1. The summed E-state index contributed by atoms with van der Waals surface area (Å²) in [5, 5.41) is 2.88. The molecule has 0 saturated carbocycles. The van der Waals surface area contributed by atoms with Gasteiger partial charge in [0.25, 0.3) is 0 Å². The third-order valence-corrected chi connectivity index (χ3v) is 4.18. The van der Waals surface area contributed by atoms with Gasteiger partial charge in [0.15, 0.2) is 0 Å². The van der Waals surface area contributed by atoms with Crippen LogP contribution in [0.4, 0.5) is 0 Å². The van der Waals surface area contributed by atoms with Gasteiger partial charge in [0, 0.05) is 27.2 Å². The van der Waals surface area contributed by atoms with E-state index in [1.165, 1.54) is 77.4 Å². The Labute approximate surface area is 144 Å². The lowest BCUT2D eigenvalue weighted by Crippen LogP contribution is -2.28. The first-order chi connectivity index (χ1) is 11.2. The van der Waals surface area contributed by atoms with E-state index in [0.717, 1.165) is 19.6 Å². The molecular formula is C19H40N2O2. The molecule has 0 aromatic heterocycles. The number of unbranched alkanes of at least 4 members (excludes halogenated alkanes) is 7. The van der Waals surface area contributed by atoms with Crippen molar-refractivity contribution in [3.05, 3.63) is 0 Å². The number of rotatable bonds is 17. The minimum absolute atomic E-state index is 0.0810. The number of ether oxygens (including phenoxy) is 1. The monoisotopic (exact) mass is 328 g/mol. The molecule has 0 radical (unpaired) electrons. The number of carbonyl (C=O) groups is 1. The molecule has 1 N–H and O–H groups in total. The van der Waals surface area contributed by atoms with Gasteiger partial charge in [-0.25, -0.2) is 0 Å². The number of hydrogen-bond donors (Lipinski definition) is 1. The summed E-state index contributed by atoms with van der Waals surface area (Å²) in [5.41, 5.74) is 0. The summed E-state index contributed by atoms with van der Waals surface area (Å²) >= 11 is 0. The van der Waals surface area contributed by atoms with Crippen LogP contribution < -0.4 is 5.32 Å². The maximum atomic E-state index is 10.9. The smallest absolute Gasteiger partial charge is 0.216 e. The summed E-state index contributed by atoms with van der Waals surface area (Å²) in [6, 6.07) is 0. The second-order valence-electron chi connectivity index (χ2n) is 6.50. The van der Waals surface area contributed by atoms with Crippen molar-refractivity contribution in [2.75, 3.05) is 39.9 Å². The van der Waals surface area contributed by atoms with Crippen molar-refractivity contribution in [1.29, 1.82) is 0 Å². The summed E-state index contributed by atoms with van der Waals surface area (Å²) in [6.45, 7) is 9.19. The van der Waals surface area contributed by atoms with Crippen molar-refractivity contribution in [3.63, 3.8) is 0 Å². The number of carbonyl (C=O) groups excluding carboxylic acids is 1. The highest BCUT2D eigenvalue weighted by molar-refractivity contribution is 5.72. The zero-order chi connectivity index (χ0) is 17.2. The minimum Gasteiger partial charge on any atom is -0.385 e. The van der Waals surface area contributed by atoms with E-state index in [1.54, 1.807) is 14.0 Å². The molecule has 4 nitrogen and oxygen atoms in total. The van der Waals surface area contributed by atoms with E-state index >= 15 is 0 Å². The molecule has 0 fully saturated rings. The van der Waals surface area contributed by atoms with Crippen LogP contribution in [0.1, 0.15) is 78.1 Å². The second kappa shape index (κ2) is 17.7. The van der Waals surface area contributed by atoms with E-state index in [-0.39, 0.29) is 5.91 Å². The molecule has 0 aliphatic rings. The number of methoxy groups -OCH3 is 1. The number of nitrogens with one attached hydrogen (secondary N) is 1. The Kier molecular flexibility index (Phi) is 17.3. The van der Waals surface area contributed by atoms with Crippen LogP contribution >= 0.6 is 0 Å². The average molecular weight is 329 g/mol. The highest BCUT2D eigenvalue weighted by atomic mass is 16.5. The Morgan fingerprint density at radius 1 is 0.870 bits per heavy atom. The van der Waals surface area contributed by atoms with Gasteiger partial charge in [-0.2, -0.15) is 0 Å². The first kappa shape index (κ1) is 22.4. The van der Waals surface area contributed by atoms with E-state index in [0.29, 0.717) is 0 Å². The third kappa shape index (κ3) is 17.6. The predicted molar refractivity (Wildman–Crippen MR) is 98.8 cm³/mol. The maximum Gasteiger partial charge on any atom is 0.216 e. The zero-order valence-corrected chi connectivity index (χ0v) is 15.9. The van der Waals surface area contributed by atoms with Gasteiger partial charge in [-0.1, -0.05) is 39.0 Å². The van der Waals surface area contributed by atoms with Crippen LogP contribution in [0.5, 0.6) is 0 Å². The first-order valence-corrected chi connectivity index (χ1v) is 9.66. The Morgan fingerprint density at radius 3 is 2.00 bits per heavy atom. The largest absolute Gasteiger partial charge is 0.385 e. The van der Waals surface area contributed by atoms with Gasteiger partial charge in [-0.3, -0.25) is 4.79 Å². The molecule has 0 aromatic carbocycles. The van der Waals surface area contributed by atoms with E-state index in [9.17, 15) is 4.79 Å². The highest BCUT2D eigenvalue weighted by Crippen LogP contribution is 2.07. The second-order valence-corrected chi connectivity index (χ2v) is 6.50. The van der Waals surface area contributed by atoms with Gasteiger partial charge in [0.05, 0.1) is 0 Å². The van der Waals surface area contributed by atoms with Crippen molar-refractivity contribution in [2.45, 2.75) is 78.1 Å². The minimum atomic E-state index is 0.0810. The highest BCUT2D eigenvalue weighted by Gasteiger charge is 2.04. The van der Waals surface area contributed by atoms with Gasteiger partial charge in [-0.15, -0.1) is 0 Å². The molecule has 0 rings (SSSR count). The van der Waals surface area contributed by atoms with Crippen LogP contribution in [-0.4, -0.2) is 50.7 Å². The molecule has 0 atom stereocenters. The fourth-order valence-electron chi connectivity index (χ4n) is 2.76. The van der Waals surface area contributed by atoms with Gasteiger partial charge < -0.3 is 15.0 Å². The molecule has 0 aliphatic heterocycles. The summed E-state index contributed by atoms with van der Waals surface area (Å²) in [5.74, 6) is 0.0810. The third-order valence-electron chi connectivity index (χ3n) is 4.18. The van der Waals surface area contributed by atoms with Gasteiger partial charge in [0.1, 0.15) is 0 Å². The molecule has 23 heavy (non-hydrogen) atoms. The molecule has 138 valence electrons.